The lowest BCUT2D eigenvalue weighted by Gasteiger charge is -2.15. The van der Waals surface area contributed by atoms with Gasteiger partial charge in [-0.25, -0.2) is 9.37 Å². The number of halogens is 1. The number of para-hydroxylation sites is 1. The number of carbonyl (C=O) groups is 2. The van der Waals surface area contributed by atoms with Crippen LogP contribution in [0.25, 0.3) is 10.2 Å². The van der Waals surface area contributed by atoms with Gasteiger partial charge in [-0.2, -0.15) is 0 Å². The molecule has 0 aliphatic carbocycles. The maximum atomic E-state index is 12.9. The fraction of sp³-hybridized carbons (Fsp3) is 0.211. The van der Waals surface area contributed by atoms with Crippen molar-refractivity contribution in [2.24, 2.45) is 0 Å². The molecule has 0 aliphatic rings. The summed E-state index contributed by atoms with van der Waals surface area (Å²) in [6.45, 7) is 0.420. The number of hydrogen-bond acceptors (Lipinski definition) is 4. The first-order valence-electron chi connectivity index (χ1n) is 7.90. The van der Waals surface area contributed by atoms with Crippen molar-refractivity contribution < 1.29 is 14.0 Å². The zero-order valence-electron chi connectivity index (χ0n) is 13.7. The standard InChI is InChI=1S/C19H17FN2O2S/c1-22(12-18-21-15-4-2-3-5-17(15)25-18)19(24)11-10-16(23)13-6-8-14(20)9-7-13/h2-9H,10-12H2,1H3. The summed E-state index contributed by atoms with van der Waals surface area (Å²) in [7, 11) is 1.71. The van der Waals surface area contributed by atoms with Crippen LogP contribution >= 0.6 is 11.3 Å². The van der Waals surface area contributed by atoms with Crippen LogP contribution in [-0.2, 0) is 11.3 Å². The van der Waals surface area contributed by atoms with Crippen molar-refractivity contribution in [3.63, 3.8) is 0 Å². The Morgan fingerprint density at radius 1 is 1.08 bits per heavy atom. The highest BCUT2D eigenvalue weighted by molar-refractivity contribution is 7.18. The van der Waals surface area contributed by atoms with E-state index in [9.17, 15) is 14.0 Å². The molecule has 1 heterocycles. The average molecular weight is 356 g/mol. The van der Waals surface area contributed by atoms with E-state index in [4.69, 9.17) is 0 Å². The number of aromatic nitrogens is 1. The van der Waals surface area contributed by atoms with E-state index in [1.54, 1.807) is 23.3 Å². The van der Waals surface area contributed by atoms with Gasteiger partial charge in [0, 0.05) is 25.5 Å². The molecule has 0 N–H and O–H groups in total. The zero-order chi connectivity index (χ0) is 17.8. The van der Waals surface area contributed by atoms with Crippen LogP contribution in [0.15, 0.2) is 48.5 Å². The highest BCUT2D eigenvalue weighted by Gasteiger charge is 2.15. The summed E-state index contributed by atoms with van der Waals surface area (Å²) in [5.41, 5.74) is 1.35. The summed E-state index contributed by atoms with van der Waals surface area (Å²) >= 11 is 1.56. The lowest BCUT2D eigenvalue weighted by molar-refractivity contribution is -0.130. The minimum Gasteiger partial charge on any atom is -0.339 e. The van der Waals surface area contributed by atoms with Crippen molar-refractivity contribution in [3.05, 3.63) is 64.9 Å². The molecule has 0 radical (unpaired) electrons. The van der Waals surface area contributed by atoms with E-state index in [0.29, 0.717) is 12.1 Å². The van der Waals surface area contributed by atoms with E-state index in [1.807, 2.05) is 24.3 Å². The molecule has 6 heteroatoms. The molecular formula is C19H17FN2O2S. The molecule has 2 aromatic carbocycles. The normalized spacial score (nSPS) is 10.8. The number of benzene rings is 2. The minimum absolute atomic E-state index is 0.106. The lowest BCUT2D eigenvalue weighted by atomic mass is 10.1. The fourth-order valence-electron chi connectivity index (χ4n) is 2.47. The zero-order valence-corrected chi connectivity index (χ0v) is 14.6. The second kappa shape index (κ2) is 7.53. The van der Waals surface area contributed by atoms with Gasteiger partial charge in [0.25, 0.3) is 0 Å². The first-order valence-corrected chi connectivity index (χ1v) is 8.72. The Balaban J connectivity index is 1.55. The SMILES string of the molecule is CN(Cc1nc2ccccc2s1)C(=O)CCC(=O)c1ccc(F)cc1. The number of amides is 1. The molecule has 128 valence electrons. The van der Waals surface area contributed by atoms with Gasteiger partial charge in [0.05, 0.1) is 16.8 Å². The molecule has 0 atom stereocenters. The van der Waals surface area contributed by atoms with Gasteiger partial charge in [0.15, 0.2) is 5.78 Å². The number of thiazole rings is 1. The van der Waals surface area contributed by atoms with Crippen LogP contribution in [0.3, 0.4) is 0 Å². The summed E-state index contributed by atoms with van der Waals surface area (Å²) in [6, 6.07) is 13.2. The molecule has 0 unspecified atom stereocenters. The predicted octanol–water partition coefficient (Wildman–Crippen LogP) is 4.06. The van der Waals surface area contributed by atoms with E-state index in [-0.39, 0.29) is 30.3 Å². The Kier molecular flexibility index (Phi) is 5.19. The van der Waals surface area contributed by atoms with Crippen molar-refractivity contribution in [2.45, 2.75) is 19.4 Å². The predicted molar refractivity (Wildman–Crippen MR) is 96.1 cm³/mol. The highest BCUT2D eigenvalue weighted by Crippen LogP contribution is 2.22. The summed E-state index contributed by atoms with van der Waals surface area (Å²) in [4.78, 5) is 30.4. The topological polar surface area (TPSA) is 50.3 Å². The van der Waals surface area contributed by atoms with Crippen molar-refractivity contribution in [1.29, 1.82) is 0 Å². The number of rotatable bonds is 6. The summed E-state index contributed by atoms with van der Waals surface area (Å²) in [5.74, 6) is -0.667. The molecule has 0 spiro atoms. The third-order valence-corrected chi connectivity index (χ3v) is 4.89. The van der Waals surface area contributed by atoms with E-state index < -0.39 is 0 Å². The van der Waals surface area contributed by atoms with Gasteiger partial charge in [-0.15, -0.1) is 11.3 Å². The Labute approximate surface area is 148 Å². The summed E-state index contributed by atoms with van der Waals surface area (Å²) in [6.07, 6.45) is 0.228. The summed E-state index contributed by atoms with van der Waals surface area (Å²) < 4.78 is 14.0. The Morgan fingerprint density at radius 3 is 2.52 bits per heavy atom. The Hall–Kier alpha value is -2.60. The van der Waals surface area contributed by atoms with E-state index >= 15 is 0 Å². The van der Waals surface area contributed by atoms with Gasteiger partial charge in [0.2, 0.25) is 5.91 Å². The molecule has 25 heavy (non-hydrogen) atoms. The first kappa shape index (κ1) is 17.2. The van der Waals surface area contributed by atoms with Gasteiger partial charge < -0.3 is 4.90 Å². The van der Waals surface area contributed by atoms with E-state index in [1.165, 1.54) is 24.3 Å². The third-order valence-electron chi connectivity index (χ3n) is 3.87. The van der Waals surface area contributed by atoms with Crippen LogP contribution < -0.4 is 0 Å². The maximum absolute atomic E-state index is 12.9. The number of carbonyl (C=O) groups excluding carboxylic acids is 2. The quantitative estimate of drug-likeness (QED) is 0.626. The monoisotopic (exact) mass is 356 g/mol. The van der Waals surface area contributed by atoms with E-state index in [0.717, 1.165) is 15.2 Å². The van der Waals surface area contributed by atoms with Gasteiger partial charge >= 0.3 is 0 Å². The molecule has 0 fully saturated rings. The molecule has 4 nitrogen and oxygen atoms in total. The molecule has 0 aliphatic heterocycles. The fourth-order valence-corrected chi connectivity index (χ4v) is 3.49. The van der Waals surface area contributed by atoms with Crippen LogP contribution in [0, 0.1) is 5.82 Å². The second-order valence-electron chi connectivity index (χ2n) is 5.76. The van der Waals surface area contributed by atoms with Crippen LogP contribution in [-0.4, -0.2) is 28.6 Å². The molecule has 1 amide bonds. The van der Waals surface area contributed by atoms with Crippen molar-refractivity contribution >= 4 is 33.2 Å². The molecule has 0 bridgehead atoms. The first-order chi connectivity index (χ1) is 12.0. The van der Waals surface area contributed by atoms with Crippen LogP contribution in [0.5, 0.6) is 0 Å². The number of Topliss-reactive ketones (excluding diaryl/α,β-unsaturated/α-hetero) is 1. The molecule has 0 saturated heterocycles. The molecule has 0 saturated carbocycles. The maximum Gasteiger partial charge on any atom is 0.223 e. The average Bonchev–Trinajstić information content (AvgIpc) is 3.02. The molecule has 3 aromatic rings. The van der Waals surface area contributed by atoms with Crippen LogP contribution in [0.1, 0.15) is 28.2 Å². The largest absolute Gasteiger partial charge is 0.339 e. The van der Waals surface area contributed by atoms with Gasteiger partial charge in [-0.05, 0) is 36.4 Å². The van der Waals surface area contributed by atoms with Gasteiger partial charge in [-0.1, -0.05) is 12.1 Å². The smallest absolute Gasteiger partial charge is 0.223 e. The van der Waals surface area contributed by atoms with Gasteiger partial charge in [0.1, 0.15) is 10.8 Å². The van der Waals surface area contributed by atoms with Gasteiger partial charge in [-0.3, -0.25) is 9.59 Å². The number of ketones is 1. The second-order valence-corrected chi connectivity index (χ2v) is 6.87. The minimum atomic E-state index is -0.386. The Morgan fingerprint density at radius 2 is 1.80 bits per heavy atom. The lowest BCUT2D eigenvalue weighted by Crippen LogP contribution is -2.26. The molecule has 3 rings (SSSR count). The summed E-state index contributed by atoms with van der Waals surface area (Å²) in [5, 5.41) is 0.863. The molecular weight excluding hydrogens is 339 g/mol. The van der Waals surface area contributed by atoms with E-state index in [2.05, 4.69) is 4.98 Å². The molecule has 1 aromatic heterocycles. The highest BCUT2D eigenvalue weighted by atomic mass is 32.1. The van der Waals surface area contributed by atoms with Crippen molar-refractivity contribution in [2.75, 3.05) is 7.05 Å². The Bertz CT molecular complexity index is 872. The number of hydrogen-bond donors (Lipinski definition) is 0. The van der Waals surface area contributed by atoms with Crippen LogP contribution in [0.4, 0.5) is 4.39 Å². The third kappa shape index (κ3) is 4.28. The number of nitrogens with zero attached hydrogens (tertiary/aromatic N) is 2. The van der Waals surface area contributed by atoms with Crippen molar-refractivity contribution in [3.8, 4) is 0 Å². The van der Waals surface area contributed by atoms with Crippen LogP contribution in [0.2, 0.25) is 0 Å². The number of fused-ring (bicyclic) bond motifs is 1. The van der Waals surface area contributed by atoms with Crippen molar-refractivity contribution in [1.82, 2.24) is 9.88 Å².